The third-order valence-electron chi connectivity index (χ3n) is 9.93. The Bertz CT molecular complexity index is 2180. The van der Waals surface area contributed by atoms with E-state index in [0.717, 1.165) is 32.1 Å². The van der Waals surface area contributed by atoms with Crippen molar-refractivity contribution in [3.05, 3.63) is 66.0 Å². The molecule has 1 aliphatic rings. The minimum Gasteiger partial charge on any atom is -0.507 e. The van der Waals surface area contributed by atoms with E-state index < -0.39 is 35.7 Å². The van der Waals surface area contributed by atoms with E-state index in [0.29, 0.717) is 61.0 Å². The van der Waals surface area contributed by atoms with Crippen LogP contribution in [-0.4, -0.2) is 33.3 Å². The summed E-state index contributed by atoms with van der Waals surface area (Å²) in [5.41, 5.74) is 1.74. The molecule has 0 fully saturated rings. The summed E-state index contributed by atoms with van der Waals surface area (Å²) in [5.74, 6) is -1.65. The number of ketones is 1. The molecule has 1 atom stereocenters. The number of ether oxygens (including phenoxy) is 1. The molecule has 0 bridgehead atoms. The van der Waals surface area contributed by atoms with Gasteiger partial charge >= 0.3 is 0 Å². The van der Waals surface area contributed by atoms with Gasteiger partial charge in [-0.05, 0) is 77.1 Å². The number of aliphatic hydroxyl groups is 2. The standard InChI is InChI=1S/C38H40O8/c1-5-6-7-8-9-10-11-12-22-23-13-18(2)26(19(3)41)35-34-29(23)32-27(20(16-39)14-24(42)30(32)36(22)44)28-21(17-40)15-25(43)31(33(28)34)37(45)38(35)46-4/h13-15,26,39-40,44-45H,5-12,16-17H2,1-4H3. The summed E-state index contributed by atoms with van der Waals surface area (Å²) >= 11 is 0. The van der Waals surface area contributed by atoms with Gasteiger partial charge in [0.05, 0.1) is 37.0 Å². The number of phenols is 2. The number of unbranched alkanes of at least 4 members (excludes halogenated alkanes) is 6. The van der Waals surface area contributed by atoms with Gasteiger partial charge in [-0.25, -0.2) is 0 Å². The monoisotopic (exact) mass is 624 g/mol. The van der Waals surface area contributed by atoms with Gasteiger partial charge in [0, 0.05) is 21.9 Å². The second-order valence-corrected chi connectivity index (χ2v) is 12.7. The Morgan fingerprint density at radius 2 is 1.30 bits per heavy atom. The molecule has 8 nitrogen and oxygen atoms in total. The molecule has 46 heavy (non-hydrogen) atoms. The molecular formula is C38H40O8. The summed E-state index contributed by atoms with van der Waals surface area (Å²) in [6, 6.07) is 2.54. The Labute approximate surface area is 266 Å². The second-order valence-electron chi connectivity index (χ2n) is 12.7. The molecule has 0 amide bonds. The fourth-order valence-corrected chi connectivity index (χ4v) is 8.00. The van der Waals surface area contributed by atoms with E-state index in [1.807, 2.05) is 13.0 Å². The Morgan fingerprint density at radius 1 is 0.761 bits per heavy atom. The minimum atomic E-state index is -0.869. The van der Waals surface area contributed by atoms with Gasteiger partial charge in [-0.3, -0.25) is 14.4 Å². The van der Waals surface area contributed by atoms with E-state index in [4.69, 9.17) is 4.74 Å². The van der Waals surface area contributed by atoms with Gasteiger partial charge in [0.25, 0.3) is 0 Å². The lowest BCUT2D eigenvalue weighted by atomic mass is 9.79. The summed E-state index contributed by atoms with van der Waals surface area (Å²) in [7, 11) is 1.37. The van der Waals surface area contributed by atoms with E-state index in [1.165, 1.54) is 39.0 Å². The molecule has 6 rings (SSSR count). The zero-order chi connectivity index (χ0) is 33.0. The number of phenolic OH excluding ortho intramolecular Hbond substituents is 2. The SMILES string of the molecule is CCCCCCCCCc1c(O)c2c(=O)cc(CO)c3c4c(CO)cc(=O)c5c(O)c(OC)c6c(c(c1C=C(C)C6C(C)=O)c23)c54. The minimum absolute atomic E-state index is 0.0120. The van der Waals surface area contributed by atoms with Crippen LogP contribution in [0.15, 0.2) is 27.3 Å². The maximum absolute atomic E-state index is 13.8. The van der Waals surface area contributed by atoms with Gasteiger partial charge < -0.3 is 25.2 Å². The summed E-state index contributed by atoms with van der Waals surface area (Å²) in [6.45, 7) is 4.40. The average Bonchev–Trinajstić information content (AvgIpc) is 3.15. The van der Waals surface area contributed by atoms with Crippen molar-refractivity contribution >= 4 is 54.9 Å². The van der Waals surface area contributed by atoms with E-state index in [1.54, 1.807) is 0 Å². The maximum Gasteiger partial charge on any atom is 0.190 e. The molecule has 0 saturated carbocycles. The molecule has 4 N–H and O–H groups in total. The Hall–Kier alpha value is -4.27. The van der Waals surface area contributed by atoms with E-state index >= 15 is 0 Å². The summed E-state index contributed by atoms with van der Waals surface area (Å²) in [6.07, 6.45) is 9.78. The largest absolute Gasteiger partial charge is 0.507 e. The first-order valence-electron chi connectivity index (χ1n) is 16.2. The Kier molecular flexibility index (Phi) is 8.38. The summed E-state index contributed by atoms with van der Waals surface area (Å²) in [4.78, 5) is 41.0. The molecule has 240 valence electrons. The quantitative estimate of drug-likeness (QED) is 0.0684. The van der Waals surface area contributed by atoms with Gasteiger partial charge in [-0.2, -0.15) is 0 Å². The molecule has 5 aromatic rings. The van der Waals surface area contributed by atoms with Crippen LogP contribution in [0, 0.1) is 0 Å². The number of allylic oxidation sites excluding steroid dienone is 1. The van der Waals surface area contributed by atoms with Crippen LogP contribution in [0.2, 0.25) is 0 Å². The summed E-state index contributed by atoms with van der Waals surface area (Å²) < 4.78 is 5.76. The smallest absolute Gasteiger partial charge is 0.190 e. The van der Waals surface area contributed by atoms with E-state index in [2.05, 4.69) is 6.92 Å². The van der Waals surface area contributed by atoms with Crippen molar-refractivity contribution in [1.82, 2.24) is 0 Å². The molecular weight excluding hydrogens is 584 g/mol. The number of hydrogen-bond acceptors (Lipinski definition) is 8. The van der Waals surface area contributed by atoms with Crippen molar-refractivity contribution in [2.75, 3.05) is 7.11 Å². The van der Waals surface area contributed by atoms with Crippen LogP contribution < -0.4 is 15.6 Å². The van der Waals surface area contributed by atoms with Gasteiger partial charge in [-0.15, -0.1) is 0 Å². The lowest BCUT2D eigenvalue weighted by molar-refractivity contribution is -0.117. The highest BCUT2D eigenvalue weighted by Crippen LogP contribution is 2.56. The molecule has 0 heterocycles. The highest BCUT2D eigenvalue weighted by Gasteiger charge is 2.36. The molecule has 0 spiro atoms. The first-order valence-corrected chi connectivity index (χ1v) is 16.2. The number of hydrogen-bond donors (Lipinski definition) is 4. The normalized spacial score (nSPS) is 14.7. The lowest BCUT2D eigenvalue weighted by Gasteiger charge is -2.25. The molecule has 0 saturated heterocycles. The number of benzene rings is 5. The maximum atomic E-state index is 13.8. The highest BCUT2D eigenvalue weighted by molar-refractivity contribution is 6.38. The van der Waals surface area contributed by atoms with Crippen LogP contribution in [0.4, 0.5) is 0 Å². The highest BCUT2D eigenvalue weighted by atomic mass is 16.5. The average molecular weight is 625 g/mol. The van der Waals surface area contributed by atoms with Crippen molar-refractivity contribution in [2.45, 2.75) is 91.3 Å². The number of methoxy groups -OCH3 is 1. The molecule has 0 aromatic heterocycles. The molecule has 1 unspecified atom stereocenters. The molecule has 8 heteroatoms. The zero-order valence-corrected chi connectivity index (χ0v) is 26.8. The van der Waals surface area contributed by atoms with Crippen molar-refractivity contribution in [2.24, 2.45) is 0 Å². The Morgan fingerprint density at radius 3 is 1.85 bits per heavy atom. The van der Waals surface area contributed by atoms with E-state index in [-0.39, 0.29) is 39.2 Å². The molecule has 0 aliphatic heterocycles. The van der Waals surface area contributed by atoms with Crippen molar-refractivity contribution < 1.29 is 30.0 Å². The third-order valence-corrected chi connectivity index (χ3v) is 9.93. The number of rotatable bonds is 12. The van der Waals surface area contributed by atoms with Crippen LogP contribution in [0.5, 0.6) is 17.2 Å². The number of aromatic hydroxyl groups is 2. The van der Waals surface area contributed by atoms with Gasteiger partial charge in [-0.1, -0.05) is 57.1 Å². The van der Waals surface area contributed by atoms with Crippen molar-refractivity contribution in [3.8, 4) is 17.2 Å². The van der Waals surface area contributed by atoms with Gasteiger partial charge in [0.1, 0.15) is 11.5 Å². The van der Waals surface area contributed by atoms with Crippen LogP contribution in [0.3, 0.4) is 0 Å². The first kappa shape index (κ1) is 31.7. The molecule has 0 radical (unpaired) electrons. The van der Waals surface area contributed by atoms with Gasteiger partial charge in [0.2, 0.25) is 0 Å². The van der Waals surface area contributed by atoms with Crippen molar-refractivity contribution in [1.29, 1.82) is 0 Å². The number of carbonyl (C=O) groups excluding carboxylic acids is 1. The lowest BCUT2D eigenvalue weighted by Crippen LogP contribution is -2.14. The summed E-state index contributed by atoms with van der Waals surface area (Å²) in [5, 5.41) is 47.3. The predicted molar refractivity (Wildman–Crippen MR) is 182 cm³/mol. The third kappa shape index (κ3) is 4.53. The van der Waals surface area contributed by atoms with Crippen LogP contribution in [-0.2, 0) is 24.4 Å². The molecule has 1 aliphatic carbocycles. The Balaban J connectivity index is 1.87. The second kappa shape index (κ2) is 12.2. The fourth-order valence-electron chi connectivity index (χ4n) is 8.00. The zero-order valence-electron chi connectivity index (χ0n) is 26.8. The van der Waals surface area contributed by atoms with Crippen LogP contribution >= 0.6 is 0 Å². The first-order chi connectivity index (χ1) is 22.1. The van der Waals surface area contributed by atoms with Crippen LogP contribution in [0.25, 0.3) is 49.2 Å². The molecule has 5 aromatic carbocycles. The van der Waals surface area contributed by atoms with Crippen molar-refractivity contribution in [3.63, 3.8) is 0 Å². The van der Waals surface area contributed by atoms with Crippen LogP contribution in [0.1, 0.15) is 99.5 Å². The number of fused-ring (bicyclic) bond motifs is 1. The predicted octanol–water partition coefficient (Wildman–Crippen LogP) is 6.68. The number of carbonyl (C=O) groups is 1. The number of Topliss-reactive ketones (excluding diaryl/α,β-unsaturated/α-hetero) is 1. The topological polar surface area (TPSA) is 141 Å². The number of aliphatic hydroxyl groups excluding tert-OH is 2. The van der Waals surface area contributed by atoms with E-state index in [9.17, 15) is 34.8 Å². The van der Waals surface area contributed by atoms with Gasteiger partial charge in [0.15, 0.2) is 22.4 Å². The fraction of sp³-hybridized carbons (Fsp3) is 0.395.